The Hall–Kier alpha value is -2.88. The van der Waals surface area contributed by atoms with E-state index in [-0.39, 0.29) is 23.8 Å². The summed E-state index contributed by atoms with van der Waals surface area (Å²) in [5.74, 6) is -0.617. The minimum atomic E-state index is -0.349. The van der Waals surface area contributed by atoms with Crippen molar-refractivity contribution in [1.29, 1.82) is 0 Å². The second kappa shape index (κ2) is 7.79. The van der Waals surface area contributed by atoms with E-state index in [0.717, 1.165) is 24.1 Å². The standard InChI is InChI=1S/C21H18F2NO/c22-19-5-1-16(2-6-19)9-12-24-13-10-17(11-14-24)15-21(25)18-3-7-20(23)8-4-18/h1-8,10-11,13-14H,9,12,15H2/q+1. The van der Waals surface area contributed by atoms with E-state index < -0.39 is 0 Å². The number of hydrogen-bond donors (Lipinski definition) is 0. The number of hydrogen-bond acceptors (Lipinski definition) is 1. The average Bonchev–Trinajstić information content (AvgIpc) is 2.63. The molecular formula is C21H18F2NO+. The van der Waals surface area contributed by atoms with Crippen molar-refractivity contribution in [2.75, 3.05) is 0 Å². The van der Waals surface area contributed by atoms with Crippen LogP contribution >= 0.6 is 0 Å². The molecule has 2 aromatic carbocycles. The summed E-state index contributed by atoms with van der Waals surface area (Å²) in [5.41, 5.74) is 2.49. The summed E-state index contributed by atoms with van der Waals surface area (Å²) < 4.78 is 27.8. The molecule has 0 aliphatic heterocycles. The van der Waals surface area contributed by atoms with Crippen molar-refractivity contribution in [1.82, 2.24) is 0 Å². The number of rotatable bonds is 6. The SMILES string of the molecule is O=C(Cc1cc[n+](CCc2ccc(F)cc2)cc1)c1ccc(F)cc1. The Kier molecular flexibility index (Phi) is 5.29. The van der Waals surface area contributed by atoms with Gasteiger partial charge in [-0.2, -0.15) is 0 Å². The predicted molar refractivity (Wildman–Crippen MR) is 91.2 cm³/mol. The normalized spacial score (nSPS) is 10.6. The lowest BCUT2D eigenvalue weighted by Crippen LogP contribution is -2.33. The maximum atomic E-state index is 12.9. The molecule has 1 aromatic heterocycles. The van der Waals surface area contributed by atoms with Crippen LogP contribution in [0.25, 0.3) is 0 Å². The molecule has 126 valence electrons. The van der Waals surface area contributed by atoms with Crippen molar-refractivity contribution in [3.8, 4) is 0 Å². The van der Waals surface area contributed by atoms with Crippen LogP contribution in [0.1, 0.15) is 21.5 Å². The molecule has 0 atom stereocenters. The summed E-state index contributed by atoms with van der Waals surface area (Å²) >= 11 is 0. The van der Waals surface area contributed by atoms with Gasteiger partial charge in [-0.05, 0) is 47.5 Å². The van der Waals surface area contributed by atoms with Crippen LogP contribution in [-0.4, -0.2) is 5.78 Å². The van der Waals surface area contributed by atoms with E-state index in [9.17, 15) is 13.6 Å². The van der Waals surface area contributed by atoms with Crippen LogP contribution in [0, 0.1) is 11.6 Å². The predicted octanol–water partition coefficient (Wildman–Crippen LogP) is 3.92. The summed E-state index contributed by atoms with van der Waals surface area (Å²) in [4.78, 5) is 12.2. The first kappa shape index (κ1) is 17.0. The molecule has 1 heterocycles. The number of carbonyl (C=O) groups excluding carboxylic acids is 1. The summed E-state index contributed by atoms with van der Waals surface area (Å²) in [5, 5.41) is 0. The van der Waals surface area contributed by atoms with Crippen molar-refractivity contribution in [2.24, 2.45) is 0 Å². The number of ketones is 1. The largest absolute Gasteiger partial charge is 0.294 e. The highest BCUT2D eigenvalue weighted by molar-refractivity contribution is 5.97. The second-order valence-electron chi connectivity index (χ2n) is 5.93. The molecule has 0 saturated carbocycles. The van der Waals surface area contributed by atoms with Gasteiger partial charge in [-0.3, -0.25) is 4.79 Å². The van der Waals surface area contributed by atoms with Gasteiger partial charge in [0.1, 0.15) is 11.6 Å². The van der Waals surface area contributed by atoms with Crippen LogP contribution in [0.5, 0.6) is 0 Å². The van der Waals surface area contributed by atoms with Crippen LogP contribution in [0.15, 0.2) is 73.1 Å². The lowest BCUT2D eigenvalue weighted by atomic mass is 10.0. The lowest BCUT2D eigenvalue weighted by molar-refractivity contribution is -0.696. The number of pyridine rings is 1. The monoisotopic (exact) mass is 338 g/mol. The van der Waals surface area contributed by atoms with E-state index in [1.54, 1.807) is 12.1 Å². The Bertz CT molecular complexity index is 841. The number of Topliss-reactive ketones (excluding diaryl/α,β-unsaturated/α-hetero) is 1. The highest BCUT2D eigenvalue weighted by Crippen LogP contribution is 2.08. The lowest BCUT2D eigenvalue weighted by Gasteiger charge is -2.02. The third kappa shape index (κ3) is 4.80. The average molecular weight is 338 g/mol. The second-order valence-corrected chi connectivity index (χ2v) is 5.93. The molecule has 0 saturated heterocycles. The molecule has 0 spiro atoms. The Labute approximate surface area is 145 Å². The quantitative estimate of drug-likeness (QED) is 0.493. The van der Waals surface area contributed by atoms with Crippen molar-refractivity contribution in [2.45, 2.75) is 19.4 Å². The van der Waals surface area contributed by atoms with Gasteiger partial charge in [0, 0.05) is 30.5 Å². The van der Waals surface area contributed by atoms with E-state index in [2.05, 4.69) is 0 Å². The first-order chi connectivity index (χ1) is 12.1. The number of carbonyl (C=O) groups is 1. The van der Waals surface area contributed by atoms with Crippen LogP contribution in [0.2, 0.25) is 0 Å². The summed E-state index contributed by atoms with van der Waals surface area (Å²) in [7, 11) is 0. The number of aryl methyl sites for hydroxylation is 2. The molecule has 4 heteroatoms. The zero-order valence-electron chi connectivity index (χ0n) is 13.7. The van der Waals surface area contributed by atoms with Gasteiger partial charge in [-0.15, -0.1) is 0 Å². The fourth-order valence-electron chi connectivity index (χ4n) is 2.59. The number of nitrogens with zero attached hydrogens (tertiary/aromatic N) is 1. The Morgan fingerprint density at radius 1 is 0.760 bits per heavy atom. The van der Waals surface area contributed by atoms with Crippen molar-refractivity contribution in [3.05, 3.63) is 101 Å². The zero-order valence-corrected chi connectivity index (χ0v) is 13.7. The Balaban J connectivity index is 1.57. The van der Waals surface area contributed by atoms with E-state index in [4.69, 9.17) is 0 Å². The van der Waals surface area contributed by atoms with Crippen LogP contribution in [-0.2, 0) is 19.4 Å². The number of aromatic nitrogens is 1. The number of benzene rings is 2. The maximum absolute atomic E-state index is 12.9. The zero-order chi connectivity index (χ0) is 17.6. The topological polar surface area (TPSA) is 20.9 Å². The van der Waals surface area contributed by atoms with Gasteiger partial charge in [0.05, 0.1) is 0 Å². The Morgan fingerprint density at radius 3 is 1.92 bits per heavy atom. The molecule has 0 aliphatic carbocycles. The summed E-state index contributed by atoms with van der Waals surface area (Å²) in [6.07, 6.45) is 4.94. The van der Waals surface area contributed by atoms with Crippen molar-refractivity contribution < 1.29 is 18.1 Å². The van der Waals surface area contributed by atoms with E-state index >= 15 is 0 Å². The molecule has 0 N–H and O–H groups in total. The van der Waals surface area contributed by atoms with E-state index in [1.165, 1.54) is 36.4 Å². The third-order valence-electron chi connectivity index (χ3n) is 4.06. The highest BCUT2D eigenvalue weighted by atomic mass is 19.1. The van der Waals surface area contributed by atoms with E-state index in [0.29, 0.717) is 5.56 Å². The van der Waals surface area contributed by atoms with Gasteiger partial charge in [0.2, 0.25) is 0 Å². The van der Waals surface area contributed by atoms with Crippen LogP contribution in [0.4, 0.5) is 8.78 Å². The maximum Gasteiger partial charge on any atom is 0.169 e. The fraction of sp³-hybridized carbons (Fsp3) is 0.143. The van der Waals surface area contributed by atoms with Crippen molar-refractivity contribution >= 4 is 5.78 Å². The number of halogens is 2. The molecule has 25 heavy (non-hydrogen) atoms. The van der Waals surface area contributed by atoms with Gasteiger partial charge >= 0.3 is 0 Å². The Morgan fingerprint density at radius 2 is 1.32 bits per heavy atom. The van der Waals surface area contributed by atoms with Gasteiger partial charge in [0.15, 0.2) is 24.7 Å². The van der Waals surface area contributed by atoms with Crippen LogP contribution < -0.4 is 4.57 Å². The molecule has 0 bridgehead atoms. The molecular weight excluding hydrogens is 320 g/mol. The van der Waals surface area contributed by atoms with E-state index in [1.807, 2.05) is 29.1 Å². The molecule has 0 fully saturated rings. The summed E-state index contributed by atoms with van der Waals surface area (Å²) in [6, 6.07) is 15.9. The van der Waals surface area contributed by atoms with Gasteiger partial charge in [0.25, 0.3) is 0 Å². The molecule has 3 aromatic rings. The minimum Gasteiger partial charge on any atom is -0.294 e. The fourth-order valence-corrected chi connectivity index (χ4v) is 2.59. The van der Waals surface area contributed by atoms with Crippen molar-refractivity contribution in [3.63, 3.8) is 0 Å². The molecule has 2 nitrogen and oxygen atoms in total. The molecule has 0 radical (unpaired) electrons. The molecule has 0 unspecified atom stereocenters. The van der Waals surface area contributed by atoms with Gasteiger partial charge in [-0.25, -0.2) is 13.3 Å². The summed E-state index contributed by atoms with van der Waals surface area (Å²) in [6.45, 7) is 0.776. The molecule has 0 aliphatic rings. The molecule has 3 rings (SSSR count). The minimum absolute atomic E-state index is 0.0379. The first-order valence-electron chi connectivity index (χ1n) is 8.11. The first-order valence-corrected chi connectivity index (χ1v) is 8.11. The molecule has 0 amide bonds. The smallest absolute Gasteiger partial charge is 0.169 e. The van der Waals surface area contributed by atoms with Gasteiger partial charge < -0.3 is 0 Å². The van der Waals surface area contributed by atoms with Gasteiger partial charge in [-0.1, -0.05) is 12.1 Å². The highest BCUT2D eigenvalue weighted by Gasteiger charge is 2.09. The third-order valence-corrected chi connectivity index (χ3v) is 4.06. The van der Waals surface area contributed by atoms with Crippen LogP contribution in [0.3, 0.4) is 0 Å².